The molecule has 0 radical (unpaired) electrons. The van der Waals surface area contributed by atoms with E-state index in [1.807, 2.05) is 20.8 Å². The first-order valence-corrected chi connectivity index (χ1v) is 3.81. The first kappa shape index (κ1) is 10.8. The van der Waals surface area contributed by atoms with Crippen LogP contribution in [0.25, 0.3) is 0 Å². The van der Waals surface area contributed by atoms with Gasteiger partial charge in [-0.2, -0.15) is 0 Å². The predicted molar refractivity (Wildman–Crippen MR) is 45.6 cm³/mol. The van der Waals surface area contributed by atoms with E-state index in [0.717, 1.165) is 6.42 Å². The van der Waals surface area contributed by atoms with Crippen LogP contribution < -0.4 is 0 Å². The molecule has 0 aliphatic heterocycles. The van der Waals surface area contributed by atoms with E-state index in [0.29, 0.717) is 0 Å². The lowest BCUT2D eigenvalue weighted by molar-refractivity contribution is -0.0131. The lowest BCUT2D eigenvalue weighted by Crippen LogP contribution is -2.27. The highest BCUT2D eigenvalue weighted by Gasteiger charge is 2.20. The van der Waals surface area contributed by atoms with Gasteiger partial charge in [0, 0.05) is 0 Å². The summed E-state index contributed by atoms with van der Waals surface area (Å²) in [5, 5.41) is 0. The largest absolute Gasteiger partial charge is 0.509 e. The summed E-state index contributed by atoms with van der Waals surface area (Å²) >= 11 is 0. The fraction of sp³-hybridized carbons (Fsp3) is 0.667. The summed E-state index contributed by atoms with van der Waals surface area (Å²) < 4.78 is 9.46. The molecule has 0 aromatic carbocycles. The summed E-state index contributed by atoms with van der Waals surface area (Å²) in [4.78, 5) is 10.8. The molecule has 0 spiro atoms. The van der Waals surface area contributed by atoms with Crippen molar-refractivity contribution >= 4 is 6.16 Å². The lowest BCUT2D eigenvalue weighted by Gasteiger charge is -2.21. The van der Waals surface area contributed by atoms with Crippen LogP contribution in [0.15, 0.2) is 0 Å². The lowest BCUT2D eigenvalue weighted by atomic mass is 10.1. The summed E-state index contributed by atoms with van der Waals surface area (Å²) in [6, 6.07) is 0. The van der Waals surface area contributed by atoms with Gasteiger partial charge in [0.05, 0.1) is 0 Å². The first-order valence-electron chi connectivity index (χ1n) is 3.81. The molecule has 0 aromatic rings. The number of carbonyl (C=O) groups excluding carboxylic acids is 1. The van der Waals surface area contributed by atoms with Crippen LogP contribution in [0.2, 0.25) is 0 Å². The molecule has 0 bridgehead atoms. The van der Waals surface area contributed by atoms with E-state index in [9.17, 15) is 4.79 Å². The maximum atomic E-state index is 10.8. The maximum absolute atomic E-state index is 10.8. The Balaban J connectivity index is 3.78. The van der Waals surface area contributed by atoms with Crippen molar-refractivity contribution < 1.29 is 14.3 Å². The average Bonchev–Trinajstić information content (AvgIpc) is 2.00. The monoisotopic (exact) mass is 170 g/mol. The molecule has 0 saturated heterocycles. The second-order valence-corrected chi connectivity index (χ2v) is 2.96. The molecule has 3 nitrogen and oxygen atoms in total. The molecule has 0 N–H and O–H groups in total. The van der Waals surface area contributed by atoms with Gasteiger partial charge < -0.3 is 9.47 Å². The van der Waals surface area contributed by atoms with E-state index >= 15 is 0 Å². The van der Waals surface area contributed by atoms with Crippen LogP contribution >= 0.6 is 0 Å². The topological polar surface area (TPSA) is 35.5 Å². The average molecular weight is 170 g/mol. The zero-order valence-corrected chi connectivity index (χ0v) is 7.72. The molecular weight excluding hydrogens is 156 g/mol. The Morgan fingerprint density at radius 1 is 1.58 bits per heavy atom. The highest BCUT2D eigenvalue weighted by atomic mass is 16.7. The van der Waals surface area contributed by atoms with Gasteiger partial charge in [-0.3, -0.25) is 0 Å². The number of carbonyl (C=O) groups is 1. The Morgan fingerprint density at radius 2 is 2.17 bits per heavy atom. The van der Waals surface area contributed by atoms with Crippen LogP contribution in [0.3, 0.4) is 0 Å². The minimum atomic E-state index is -0.709. The van der Waals surface area contributed by atoms with Crippen LogP contribution in [-0.2, 0) is 9.47 Å². The molecule has 0 fully saturated rings. The molecule has 0 saturated carbocycles. The highest BCUT2D eigenvalue weighted by molar-refractivity contribution is 5.60. The van der Waals surface area contributed by atoms with Crippen LogP contribution in [0, 0.1) is 12.3 Å². The van der Waals surface area contributed by atoms with Crippen LogP contribution in [0.4, 0.5) is 4.79 Å². The van der Waals surface area contributed by atoms with E-state index in [4.69, 9.17) is 11.2 Å². The second kappa shape index (κ2) is 4.66. The molecule has 0 heterocycles. The van der Waals surface area contributed by atoms with E-state index in [-0.39, 0.29) is 6.61 Å². The Hall–Kier alpha value is -1.17. The molecule has 68 valence electrons. The van der Waals surface area contributed by atoms with Crippen molar-refractivity contribution in [2.24, 2.45) is 0 Å². The minimum absolute atomic E-state index is 0.0430. The zero-order valence-electron chi connectivity index (χ0n) is 7.72. The molecule has 0 rings (SSSR count). The maximum Gasteiger partial charge on any atom is 0.509 e. The summed E-state index contributed by atoms with van der Waals surface area (Å²) in [7, 11) is 0. The molecule has 12 heavy (non-hydrogen) atoms. The van der Waals surface area contributed by atoms with Gasteiger partial charge in [0.1, 0.15) is 5.60 Å². The Labute approximate surface area is 73.0 Å². The smallest absolute Gasteiger partial charge is 0.428 e. The van der Waals surface area contributed by atoms with Gasteiger partial charge in [0.15, 0.2) is 6.61 Å². The quantitative estimate of drug-likeness (QED) is 0.479. The van der Waals surface area contributed by atoms with Gasteiger partial charge >= 0.3 is 6.16 Å². The molecule has 0 amide bonds. The number of ether oxygens (including phenoxy) is 2. The summed E-state index contributed by atoms with van der Waals surface area (Å²) in [5.41, 5.74) is -0.480. The summed E-state index contributed by atoms with van der Waals surface area (Å²) in [6.07, 6.45) is 4.92. The molecule has 0 aliphatic carbocycles. The third-order valence-corrected chi connectivity index (χ3v) is 1.48. The number of hydrogen-bond acceptors (Lipinski definition) is 3. The van der Waals surface area contributed by atoms with Crippen molar-refractivity contribution in [3.8, 4) is 12.3 Å². The highest BCUT2D eigenvalue weighted by Crippen LogP contribution is 2.13. The van der Waals surface area contributed by atoms with Gasteiger partial charge in [-0.15, -0.1) is 6.42 Å². The molecule has 0 unspecified atom stereocenters. The van der Waals surface area contributed by atoms with Gasteiger partial charge in [0.25, 0.3) is 0 Å². The Morgan fingerprint density at radius 3 is 2.58 bits per heavy atom. The van der Waals surface area contributed by atoms with Crippen molar-refractivity contribution in [2.75, 3.05) is 6.61 Å². The number of hydrogen-bond donors (Lipinski definition) is 0. The summed E-state index contributed by atoms with van der Waals surface area (Å²) in [5.74, 6) is 2.18. The molecule has 0 aliphatic rings. The van der Waals surface area contributed by atoms with Gasteiger partial charge in [-0.05, 0) is 20.3 Å². The minimum Gasteiger partial charge on any atom is -0.428 e. The van der Waals surface area contributed by atoms with E-state index in [1.54, 1.807) is 0 Å². The van der Waals surface area contributed by atoms with Gasteiger partial charge in [-0.1, -0.05) is 12.8 Å². The van der Waals surface area contributed by atoms with Crippen molar-refractivity contribution in [2.45, 2.75) is 32.8 Å². The molecule has 0 atom stereocenters. The third kappa shape index (κ3) is 4.62. The van der Waals surface area contributed by atoms with Crippen molar-refractivity contribution in [3.05, 3.63) is 0 Å². The Kier molecular flexibility index (Phi) is 4.20. The van der Waals surface area contributed by atoms with E-state index < -0.39 is 11.8 Å². The van der Waals surface area contributed by atoms with Crippen molar-refractivity contribution in [1.82, 2.24) is 0 Å². The normalized spacial score (nSPS) is 10.2. The fourth-order valence-corrected chi connectivity index (χ4v) is 0.428. The predicted octanol–water partition coefficient (Wildman–Crippen LogP) is 1.96. The first-order chi connectivity index (χ1) is 5.52. The SMILES string of the molecule is C#CCOC(=O)OC(C)(C)CC. The molecule has 3 heteroatoms. The number of rotatable bonds is 3. The second-order valence-electron chi connectivity index (χ2n) is 2.96. The van der Waals surface area contributed by atoms with Crippen LogP contribution in [0.1, 0.15) is 27.2 Å². The Bertz CT molecular complexity index is 188. The zero-order chi connectivity index (χ0) is 9.61. The van der Waals surface area contributed by atoms with Crippen molar-refractivity contribution in [1.29, 1.82) is 0 Å². The molecular formula is C9H14O3. The van der Waals surface area contributed by atoms with Gasteiger partial charge in [0.2, 0.25) is 0 Å². The van der Waals surface area contributed by atoms with E-state index in [2.05, 4.69) is 10.7 Å². The van der Waals surface area contributed by atoms with Gasteiger partial charge in [-0.25, -0.2) is 4.79 Å². The third-order valence-electron chi connectivity index (χ3n) is 1.48. The van der Waals surface area contributed by atoms with Crippen LogP contribution in [0.5, 0.6) is 0 Å². The molecule has 0 aromatic heterocycles. The van der Waals surface area contributed by atoms with Crippen LogP contribution in [-0.4, -0.2) is 18.4 Å². The van der Waals surface area contributed by atoms with E-state index in [1.165, 1.54) is 0 Å². The fourth-order valence-electron chi connectivity index (χ4n) is 0.428. The van der Waals surface area contributed by atoms with Crippen molar-refractivity contribution in [3.63, 3.8) is 0 Å². The standard InChI is InChI=1S/C9H14O3/c1-5-7-11-8(10)12-9(3,4)6-2/h1H,6-7H2,2-4H3. The number of terminal acetylenes is 1. The summed E-state index contributed by atoms with van der Waals surface area (Å²) in [6.45, 7) is 5.50.